The zero-order valence-electron chi connectivity index (χ0n) is 10.2. The molecular weight excluding hydrogens is 218 g/mol. The molecule has 1 amide bonds. The molecule has 1 aliphatic heterocycles. The van der Waals surface area contributed by atoms with Crippen LogP contribution in [-0.4, -0.2) is 41.0 Å². The molecule has 0 saturated carbocycles. The third kappa shape index (κ3) is 2.61. The molecule has 1 aromatic heterocycles. The molecule has 5 heteroatoms. The van der Waals surface area contributed by atoms with Crippen molar-refractivity contribution in [2.45, 2.75) is 25.8 Å². The van der Waals surface area contributed by atoms with Crippen molar-refractivity contribution in [3.8, 4) is 0 Å². The molecule has 0 aromatic carbocycles. The van der Waals surface area contributed by atoms with Gasteiger partial charge in [0.2, 0.25) is 5.91 Å². The number of carbonyl (C=O) groups is 1. The van der Waals surface area contributed by atoms with E-state index in [1.54, 1.807) is 12.4 Å². The van der Waals surface area contributed by atoms with Crippen LogP contribution in [0.15, 0.2) is 12.4 Å². The van der Waals surface area contributed by atoms with Gasteiger partial charge in [-0.1, -0.05) is 0 Å². The van der Waals surface area contributed by atoms with E-state index in [1.807, 2.05) is 11.8 Å². The summed E-state index contributed by atoms with van der Waals surface area (Å²) < 4.78 is 4.90. The van der Waals surface area contributed by atoms with Crippen LogP contribution in [0.3, 0.4) is 0 Å². The van der Waals surface area contributed by atoms with Gasteiger partial charge in [-0.25, -0.2) is 0 Å². The quantitative estimate of drug-likeness (QED) is 0.787. The van der Waals surface area contributed by atoms with Gasteiger partial charge in [-0.05, 0) is 19.8 Å². The molecule has 0 bridgehead atoms. The van der Waals surface area contributed by atoms with Gasteiger partial charge in [-0.3, -0.25) is 14.8 Å². The first-order chi connectivity index (χ1) is 8.22. The summed E-state index contributed by atoms with van der Waals surface area (Å²) in [7, 11) is 1.54. The standard InChI is InChI=1S/C12H17N3O2/c1-9-6-13-7-10(14-9)11-4-3-5-15(11)12(16)8-17-2/h6-7,11H,3-5,8H2,1-2H3/t11-/m1/s1. The first kappa shape index (κ1) is 12.0. The smallest absolute Gasteiger partial charge is 0.249 e. The molecule has 17 heavy (non-hydrogen) atoms. The number of aryl methyl sites for hydroxylation is 1. The van der Waals surface area contributed by atoms with Crippen molar-refractivity contribution >= 4 is 5.91 Å². The van der Waals surface area contributed by atoms with E-state index in [4.69, 9.17) is 4.74 Å². The average molecular weight is 235 g/mol. The van der Waals surface area contributed by atoms with Crippen LogP contribution in [0.1, 0.15) is 30.3 Å². The fraction of sp³-hybridized carbons (Fsp3) is 0.583. The molecule has 2 heterocycles. The third-order valence-electron chi connectivity index (χ3n) is 2.96. The Morgan fingerprint density at radius 1 is 1.59 bits per heavy atom. The second kappa shape index (κ2) is 5.23. The van der Waals surface area contributed by atoms with Gasteiger partial charge in [0, 0.05) is 19.9 Å². The summed E-state index contributed by atoms with van der Waals surface area (Å²) in [6.07, 6.45) is 5.43. The predicted octanol–water partition coefficient (Wildman–Crippen LogP) is 1.09. The van der Waals surface area contributed by atoms with Crippen LogP contribution in [0.5, 0.6) is 0 Å². The number of methoxy groups -OCH3 is 1. The first-order valence-electron chi connectivity index (χ1n) is 5.79. The lowest BCUT2D eigenvalue weighted by molar-refractivity contribution is -0.136. The van der Waals surface area contributed by atoms with E-state index in [9.17, 15) is 4.79 Å². The molecular formula is C12H17N3O2. The van der Waals surface area contributed by atoms with E-state index in [0.29, 0.717) is 0 Å². The lowest BCUT2D eigenvalue weighted by Gasteiger charge is -2.23. The van der Waals surface area contributed by atoms with Crippen molar-refractivity contribution in [3.63, 3.8) is 0 Å². The van der Waals surface area contributed by atoms with Crippen molar-refractivity contribution in [1.82, 2.24) is 14.9 Å². The predicted molar refractivity (Wildman–Crippen MR) is 62.3 cm³/mol. The molecule has 1 saturated heterocycles. The monoisotopic (exact) mass is 235 g/mol. The molecule has 92 valence electrons. The first-order valence-corrected chi connectivity index (χ1v) is 5.79. The van der Waals surface area contributed by atoms with Gasteiger partial charge in [-0.15, -0.1) is 0 Å². The number of nitrogens with zero attached hydrogens (tertiary/aromatic N) is 3. The van der Waals surface area contributed by atoms with Crippen molar-refractivity contribution in [2.24, 2.45) is 0 Å². The minimum Gasteiger partial charge on any atom is -0.375 e. The second-order valence-electron chi connectivity index (χ2n) is 4.26. The molecule has 0 spiro atoms. The maximum Gasteiger partial charge on any atom is 0.249 e. The highest BCUT2D eigenvalue weighted by Crippen LogP contribution is 2.30. The minimum absolute atomic E-state index is 0.0262. The Morgan fingerprint density at radius 2 is 2.41 bits per heavy atom. The van der Waals surface area contributed by atoms with Crippen LogP contribution in [-0.2, 0) is 9.53 Å². The Labute approximate surface area is 101 Å². The van der Waals surface area contributed by atoms with Gasteiger partial charge >= 0.3 is 0 Å². The molecule has 5 nitrogen and oxygen atoms in total. The fourth-order valence-corrected chi connectivity index (χ4v) is 2.22. The highest BCUT2D eigenvalue weighted by molar-refractivity contribution is 5.78. The van der Waals surface area contributed by atoms with Gasteiger partial charge in [0.05, 0.1) is 23.6 Å². The maximum absolute atomic E-state index is 11.9. The fourth-order valence-electron chi connectivity index (χ4n) is 2.22. The van der Waals surface area contributed by atoms with Crippen molar-refractivity contribution < 1.29 is 9.53 Å². The minimum atomic E-state index is 0.0262. The Hall–Kier alpha value is -1.49. The van der Waals surface area contributed by atoms with Crippen LogP contribution in [0.25, 0.3) is 0 Å². The van der Waals surface area contributed by atoms with Gasteiger partial charge < -0.3 is 9.64 Å². The zero-order valence-corrected chi connectivity index (χ0v) is 10.2. The molecule has 1 atom stereocenters. The number of likely N-dealkylation sites (tertiary alicyclic amines) is 1. The van der Waals surface area contributed by atoms with E-state index >= 15 is 0 Å². The van der Waals surface area contributed by atoms with E-state index in [2.05, 4.69) is 9.97 Å². The number of hydrogen-bond donors (Lipinski definition) is 0. The number of ether oxygens (including phenoxy) is 1. The normalized spacial score (nSPS) is 19.6. The molecule has 1 aromatic rings. The van der Waals surface area contributed by atoms with E-state index in [1.165, 1.54) is 7.11 Å². The van der Waals surface area contributed by atoms with E-state index in [-0.39, 0.29) is 18.6 Å². The van der Waals surface area contributed by atoms with Crippen LogP contribution < -0.4 is 0 Å². The van der Waals surface area contributed by atoms with Crippen molar-refractivity contribution in [2.75, 3.05) is 20.3 Å². The van der Waals surface area contributed by atoms with Crippen LogP contribution in [0.2, 0.25) is 0 Å². The number of aromatic nitrogens is 2. The Balaban J connectivity index is 2.17. The Bertz CT molecular complexity index is 408. The molecule has 1 fully saturated rings. The summed E-state index contributed by atoms with van der Waals surface area (Å²) in [5, 5.41) is 0. The molecule has 1 aliphatic rings. The number of hydrogen-bond acceptors (Lipinski definition) is 4. The highest BCUT2D eigenvalue weighted by atomic mass is 16.5. The van der Waals surface area contributed by atoms with Gasteiger partial charge in [0.15, 0.2) is 0 Å². The van der Waals surface area contributed by atoms with Crippen LogP contribution in [0.4, 0.5) is 0 Å². The average Bonchev–Trinajstić information content (AvgIpc) is 2.78. The topological polar surface area (TPSA) is 55.3 Å². The maximum atomic E-state index is 11.9. The molecule has 0 aliphatic carbocycles. The molecule has 0 radical (unpaired) electrons. The number of rotatable bonds is 3. The van der Waals surface area contributed by atoms with E-state index < -0.39 is 0 Å². The Kier molecular flexibility index (Phi) is 3.68. The number of carbonyl (C=O) groups excluding carboxylic acids is 1. The van der Waals surface area contributed by atoms with Crippen molar-refractivity contribution in [3.05, 3.63) is 23.8 Å². The molecule has 0 unspecified atom stereocenters. The Morgan fingerprint density at radius 3 is 3.12 bits per heavy atom. The summed E-state index contributed by atoms with van der Waals surface area (Å²) in [5.41, 5.74) is 1.76. The summed E-state index contributed by atoms with van der Waals surface area (Å²) in [5.74, 6) is 0.0262. The van der Waals surface area contributed by atoms with Gasteiger partial charge in [-0.2, -0.15) is 0 Å². The summed E-state index contributed by atoms with van der Waals surface area (Å²) in [4.78, 5) is 22.3. The summed E-state index contributed by atoms with van der Waals surface area (Å²) in [6.45, 7) is 2.82. The number of amides is 1. The van der Waals surface area contributed by atoms with E-state index in [0.717, 1.165) is 30.8 Å². The lowest BCUT2D eigenvalue weighted by atomic mass is 10.1. The van der Waals surface area contributed by atoms with Gasteiger partial charge in [0.25, 0.3) is 0 Å². The summed E-state index contributed by atoms with van der Waals surface area (Å²) in [6, 6.07) is 0.0602. The molecule has 0 N–H and O–H groups in total. The third-order valence-corrected chi connectivity index (χ3v) is 2.96. The SMILES string of the molecule is COCC(=O)N1CCC[C@@H]1c1cncc(C)n1. The summed E-state index contributed by atoms with van der Waals surface area (Å²) >= 11 is 0. The van der Waals surface area contributed by atoms with Crippen LogP contribution >= 0.6 is 0 Å². The van der Waals surface area contributed by atoms with Gasteiger partial charge in [0.1, 0.15) is 6.61 Å². The van der Waals surface area contributed by atoms with Crippen LogP contribution in [0, 0.1) is 6.92 Å². The largest absolute Gasteiger partial charge is 0.375 e. The zero-order chi connectivity index (χ0) is 12.3. The molecule has 2 rings (SSSR count). The highest BCUT2D eigenvalue weighted by Gasteiger charge is 2.30. The lowest BCUT2D eigenvalue weighted by Crippen LogP contribution is -2.33. The second-order valence-corrected chi connectivity index (χ2v) is 4.26. The van der Waals surface area contributed by atoms with Crippen molar-refractivity contribution in [1.29, 1.82) is 0 Å².